The van der Waals surface area contributed by atoms with Gasteiger partial charge < -0.3 is 4.74 Å². The van der Waals surface area contributed by atoms with Crippen LogP contribution in [0, 0.1) is 5.92 Å². The Hall–Kier alpha value is 0.220. The van der Waals surface area contributed by atoms with Crippen LogP contribution in [0.3, 0.4) is 0 Å². The molecule has 1 atom stereocenters. The van der Waals surface area contributed by atoms with E-state index in [-0.39, 0.29) is 11.7 Å². The zero-order valence-electron chi connectivity index (χ0n) is 10.4. The summed E-state index contributed by atoms with van der Waals surface area (Å²) in [6.07, 6.45) is 1.65. The largest absolute Gasteiger partial charge is 0.492 e. The Morgan fingerprint density at radius 3 is 2.58 bits per heavy atom. The molecule has 0 aliphatic carbocycles. The van der Waals surface area contributed by atoms with Crippen LogP contribution in [-0.4, -0.2) is 20.8 Å². The van der Waals surface area contributed by atoms with Crippen LogP contribution in [0.4, 0.5) is 0 Å². The Labute approximate surface area is 135 Å². The van der Waals surface area contributed by atoms with Gasteiger partial charge in [0.25, 0.3) is 0 Å². The molecule has 0 radical (unpaired) electrons. The summed E-state index contributed by atoms with van der Waals surface area (Å²) < 4.78 is 29.7. The van der Waals surface area contributed by atoms with Gasteiger partial charge >= 0.3 is 0 Å². The predicted molar refractivity (Wildman–Crippen MR) is 85.4 cm³/mol. The maximum Gasteiger partial charge on any atom is 0.232 e. The summed E-state index contributed by atoms with van der Waals surface area (Å²) in [5.41, 5.74) is 0. The fourth-order valence-electron chi connectivity index (χ4n) is 1.70. The van der Waals surface area contributed by atoms with Crippen LogP contribution in [0.25, 0.3) is 0 Å². The summed E-state index contributed by atoms with van der Waals surface area (Å²) in [6.45, 7) is 2.34. The van der Waals surface area contributed by atoms with Crippen molar-refractivity contribution in [2.75, 3.05) is 12.4 Å². The first-order valence-corrected chi connectivity index (χ1v) is 9.88. The molecule has 1 unspecified atom stereocenters. The summed E-state index contributed by atoms with van der Waals surface area (Å²) in [6, 6.07) is 5.57. The number of halogens is 3. The van der Waals surface area contributed by atoms with E-state index >= 15 is 0 Å². The first kappa shape index (κ1) is 17.3. The van der Waals surface area contributed by atoms with Gasteiger partial charge in [0.05, 0.1) is 16.8 Å². The highest BCUT2D eigenvalue weighted by molar-refractivity contribution is 9.11. The molecule has 0 amide bonds. The fraction of sp³-hybridized carbons (Fsp3) is 0.500. The summed E-state index contributed by atoms with van der Waals surface area (Å²) in [5, 5.41) is 0. The third-order valence-electron chi connectivity index (χ3n) is 2.50. The minimum Gasteiger partial charge on any atom is -0.492 e. The summed E-state index contributed by atoms with van der Waals surface area (Å²) in [7, 11) is 1.80. The van der Waals surface area contributed by atoms with Crippen LogP contribution in [0.2, 0.25) is 0 Å². The van der Waals surface area contributed by atoms with Gasteiger partial charge in [-0.15, -0.1) is 0 Å². The van der Waals surface area contributed by atoms with E-state index in [9.17, 15) is 8.42 Å². The van der Waals surface area contributed by atoms with Crippen molar-refractivity contribution in [2.24, 2.45) is 5.92 Å². The number of hydrogen-bond donors (Lipinski definition) is 0. The van der Waals surface area contributed by atoms with Gasteiger partial charge in [-0.2, -0.15) is 0 Å². The third kappa shape index (κ3) is 6.97. The zero-order chi connectivity index (χ0) is 14.5. The van der Waals surface area contributed by atoms with E-state index in [4.69, 9.17) is 15.4 Å². The number of hydrogen-bond acceptors (Lipinski definition) is 3. The molecule has 1 rings (SSSR count). The minimum absolute atomic E-state index is 0.0590. The topological polar surface area (TPSA) is 43.4 Å². The molecule has 1 aromatic carbocycles. The molecule has 0 saturated heterocycles. The van der Waals surface area contributed by atoms with Crippen LogP contribution in [0.5, 0.6) is 5.75 Å². The zero-order valence-corrected chi connectivity index (χ0v) is 15.1. The number of rotatable bonds is 7. The second kappa shape index (κ2) is 7.86. The maximum absolute atomic E-state index is 11.1. The van der Waals surface area contributed by atoms with Gasteiger partial charge in [-0.3, -0.25) is 0 Å². The molecule has 0 heterocycles. The number of benzene rings is 1. The molecular formula is C12H15Br2ClO3S. The van der Waals surface area contributed by atoms with Crippen LogP contribution >= 0.6 is 42.5 Å². The molecule has 0 aromatic heterocycles. The molecular weight excluding hydrogens is 419 g/mol. The van der Waals surface area contributed by atoms with Crippen molar-refractivity contribution in [2.45, 2.75) is 19.8 Å². The van der Waals surface area contributed by atoms with Gasteiger partial charge in [-0.05, 0) is 40.5 Å². The van der Waals surface area contributed by atoms with Crippen LogP contribution in [-0.2, 0) is 9.05 Å². The van der Waals surface area contributed by atoms with Crippen LogP contribution in [0.1, 0.15) is 19.8 Å². The highest BCUT2D eigenvalue weighted by Gasteiger charge is 2.17. The normalized spacial score (nSPS) is 13.3. The maximum atomic E-state index is 11.1. The van der Waals surface area contributed by atoms with Gasteiger partial charge in [0.2, 0.25) is 9.05 Å². The van der Waals surface area contributed by atoms with Crippen molar-refractivity contribution in [1.29, 1.82) is 0 Å². The van der Waals surface area contributed by atoms with E-state index in [0.717, 1.165) is 21.8 Å². The van der Waals surface area contributed by atoms with Gasteiger partial charge in [0, 0.05) is 21.1 Å². The highest BCUT2D eigenvalue weighted by Crippen LogP contribution is 2.29. The quantitative estimate of drug-likeness (QED) is 0.590. The average molecular weight is 435 g/mol. The van der Waals surface area contributed by atoms with E-state index in [1.165, 1.54) is 0 Å². The van der Waals surface area contributed by atoms with Crippen molar-refractivity contribution < 1.29 is 13.2 Å². The lowest BCUT2D eigenvalue weighted by Crippen LogP contribution is -2.19. The Morgan fingerprint density at radius 1 is 1.37 bits per heavy atom. The lowest BCUT2D eigenvalue weighted by molar-refractivity contribution is 0.251. The molecule has 0 spiro atoms. The highest BCUT2D eigenvalue weighted by atomic mass is 79.9. The lowest BCUT2D eigenvalue weighted by atomic mass is 10.1. The minimum atomic E-state index is -3.49. The third-order valence-corrected chi connectivity index (χ3v) is 4.86. The second-order valence-electron chi connectivity index (χ2n) is 4.25. The van der Waals surface area contributed by atoms with Crippen LogP contribution in [0.15, 0.2) is 27.1 Å². The first-order chi connectivity index (χ1) is 8.81. The van der Waals surface area contributed by atoms with E-state index in [1.807, 2.05) is 25.1 Å². The molecule has 0 N–H and O–H groups in total. The Kier molecular flexibility index (Phi) is 7.14. The van der Waals surface area contributed by atoms with Crippen molar-refractivity contribution in [3.63, 3.8) is 0 Å². The summed E-state index contributed by atoms with van der Waals surface area (Å²) >= 11 is 6.76. The van der Waals surface area contributed by atoms with Gasteiger partial charge in [-0.25, -0.2) is 8.42 Å². The average Bonchev–Trinajstić information content (AvgIpc) is 2.26. The van der Waals surface area contributed by atoms with Crippen molar-refractivity contribution >= 4 is 51.6 Å². The Morgan fingerprint density at radius 2 is 2.05 bits per heavy atom. The van der Waals surface area contributed by atoms with Gasteiger partial charge in [0.15, 0.2) is 0 Å². The molecule has 0 aliphatic heterocycles. The second-order valence-corrected chi connectivity index (χ2v) is 8.84. The molecule has 0 aliphatic rings. The van der Waals surface area contributed by atoms with Crippen molar-refractivity contribution in [3.05, 3.63) is 27.1 Å². The lowest BCUT2D eigenvalue weighted by Gasteiger charge is -2.16. The Balaban J connectivity index is 2.65. The van der Waals surface area contributed by atoms with E-state index < -0.39 is 9.05 Å². The molecule has 0 fully saturated rings. The first-order valence-electron chi connectivity index (χ1n) is 5.82. The number of ether oxygens (including phenoxy) is 1. The van der Waals surface area contributed by atoms with Gasteiger partial charge in [0.1, 0.15) is 5.75 Å². The molecule has 3 nitrogen and oxygen atoms in total. The SMILES string of the molecule is CCCC(COc1ccc(Br)cc1Br)CS(=O)(=O)Cl. The van der Waals surface area contributed by atoms with E-state index in [1.54, 1.807) is 0 Å². The van der Waals surface area contributed by atoms with Crippen molar-refractivity contribution in [1.82, 2.24) is 0 Å². The summed E-state index contributed by atoms with van der Waals surface area (Å²) in [4.78, 5) is 0. The standard InChI is InChI=1S/C12H15Br2ClO3S/c1-2-3-9(8-19(15,16)17)7-18-12-5-4-10(13)6-11(12)14/h4-6,9H,2-3,7-8H2,1H3. The molecule has 7 heteroatoms. The summed E-state index contributed by atoms with van der Waals surface area (Å²) in [5.74, 6) is 0.538. The molecule has 1 aromatic rings. The molecule has 108 valence electrons. The smallest absolute Gasteiger partial charge is 0.232 e. The fourth-order valence-corrected chi connectivity index (χ4v) is 4.23. The van der Waals surface area contributed by atoms with E-state index in [2.05, 4.69) is 31.9 Å². The van der Waals surface area contributed by atoms with E-state index in [0.29, 0.717) is 12.4 Å². The van der Waals surface area contributed by atoms with Crippen LogP contribution < -0.4 is 4.74 Å². The molecule has 19 heavy (non-hydrogen) atoms. The molecule has 0 bridgehead atoms. The van der Waals surface area contributed by atoms with Gasteiger partial charge in [-0.1, -0.05) is 29.3 Å². The Bertz CT molecular complexity index is 520. The molecule has 0 saturated carbocycles. The van der Waals surface area contributed by atoms with Crippen molar-refractivity contribution in [3.8, 4) is 5.75 Å². The predicted octanol–water partition coefficient (Wildman–Crippen LogP) is 4.58. The monoisotopic (exact) mass is 432 g/mol.